The molecule has 1 N–H and O–H groups in total. The zero-order chi connectivity index (χ0) is 18.3. The Hall–Kier alpha value is -2.65. The Kier molecular flexibility index (Phi) is 6.31. The van der Waals surface area contributed by atoms with Crippen molar-refractivity contribution in [3.63, 3.8) is 0 Å². The highest BCUT2D eigenvalue weighted by Crippen LogP contribution is 2.29. The van der Waals surface area contributed by atoms with Crippen molar-refractivity contribution in [1.29, 1.82) is 0 Å². The van der Waals surface area contributed by atoms with Crippen molar-refractivity contribution in [2.45, 2.75) is 38.9 Å². The van der Waals surface area contributed by atoms with Crippen LogP contribution in [0, 0.1) is 0 Å². The summed E-state index contributed by atoms with van der Waals surface area (Å²) in [5.41, 5.74) is 0.777. The van der Waals surface area contributed by atoms with E-state index in [1.807, 2.05) is 6.92 Å². The summed E-state index contributed by atoms with van der Waals surface area (Å²) in [7, 11) is 0. The summed E-state index contributed by atoms with van der Waals surface area (Å²) in [4.78, 5) is 18.8. The van der Waals surface area contributed by atoms with Gasteiger partial charge in [-0.25, -0.2) is 4.79 Å². The minimum Gasteiger partial charge on any atom is -0.450 e. The van der Waals surface area contributed by atoms with Gasteiger partial charge >= 0.3 is 18.2 Å². The monoisotopic (exact) mass is 358 g/mol. The van der Waals surface area contributed by atoms with Gasteiger partial charge in [-0.2, -0.15) is 18.2 Å². The number of hydrogen-bond acceptors (Lipinski definition) is 6. The molecule has 0 unspecified atom stereocenters. The number of carbonyl (C=O) groups excluding carboxylic acids is 1. The molecule has 0 saturated carbocycles. The maximum Gasteiger partial charge on any atom is 0.471 e. The minimum atomic E-state index is -4.69. The van der Waals surface area contributed by atoms with E-state index in [-0.39, 0.29) is 17.9 Å². The molecule has 2 aromatic heterocycles. The van der Waals surface area contributed by atoms with Gasteiger partial charge in [0.15, 0.2) is 0 Å². The van der Waals surface area contributed by atoms with Gasteiger partial charge in [-0.15, -0.1) is 0 Å². The molecule has 25 heavy (non-hydrogen) atoms. The number of hydrogen-bond donors (Lipinski definition) is 1. The summed E-state index contributed by atoms with van der Waals surface area (Å²) in [6.45, 7) is 2.53. The Morgan fingerprint density at radius 2 is 2.12 bits per heavy atom. The highest BCUT2D eigenvalue weighted by Gasteiger charge is 2.38. The predicted octanol–water partition coefficient (Wildman–Crippen LogP) is 3.57. The molecule has 7 nitrogen and oxygen atoms in total. The van der Waals surface area contributed by atoms with Crippen LogP contribution in [0.3, 0.4) is 0 Å². The third kappa shape index (κ3) is 5.73. The number of alkyl carbamates (subject to hydrolysis) is 1. The van der Waals surface area contributed by atoms with Crippen LogP contribution in [0.25, 0.3) is 11.4 Å². The maximum absolute atomic E-state index is 12.4. The first kappa shape index (κ1) is 18.7. The highest BCUT2D eigenvalue weighted by atomic mass is 19.4. The first-order valence-electron chi connectivity index (χ1n) is 7.67. The normalized spacial score (nSPS) is 11.4. The molecular weight excluding hydrogens is 341 g/mol. The molecule has 0 bridgehead atoms. The fraction of sp³-hybridized carbons (Fsp3) is 0.467. The van der Waals surface area contributed by atoms with Gasteiger partial charge in [0.25, 0.3) is 0 Å². The van der Waals surface area contributed by atoms with Crippen molar-refractivity contribution in [1.82, 2.24) is 20.4 Å². The first-order valence-corrected chi connectivity index (χ1v) is 7.67. The zero-order valence-corrected chi connectivity index (χ0v) is 13.5. The van der Waals surface area contributed by atoms with Crippen LogP contribution in [0.4, 0.5) is 18.0 Å². The lowest BCUT2D eigenvalue weighted by atomic mass is 10.2. The summed E-state index contributed by atoms with van der Waals surface area (Å²) in [6.07, 6.45) is -1.11. The average Bonchev–Trinajstić information content (AvgIpc) is 3.08. The quantitative estimate of drug-likeness (QED) is 0.761. The van der Waals surface area contributed by atoms with E-state index >= 15 is 0 Å². The molecule has 0 atom stereocenters. The Balaban J connectivity index is 1.85. The summed E-state index contributed by atoms with van der Waals surface area (Å²) in [5, 5.41) is 5.81. The van der Waals surface area contributed by atoms with E-state index in [4.69, 9.17) is 4.74 Å². The smallest absolute Gasteiger partial charge is 0.450 e. The van der Waals surface area contributed by atoms with E-state index in [0.717, 1.165) is 19.3 Å². The van der Waals surface area contributed by atoms with Crippen LogP contribution in [0.1, 0.15) is 37.8 Å². The number of rotatable bonds is 7. The second-order valence-corrected chi connectivity index (χ2v) is 5.16. The summed E-state index contributed by atoms with van der Waals surface area (Å²) in [6, 6.07) is 3.03. The number of unbranched alkanes of at least 4 members (excludes halogenated alkanes) is 2. The van der Waals surface area contributed by atoms with Crippen molar-refractivity contribution < 1.29 is 27.2 Å². The van der Waals surface area contributed by atoms with Crippen molar-refractivity contribution in [2.75, 3.05) is 6.61 Å². The van der Waals surface area contributed by atoms with Gasteiger partial charge in [0.05, 0.1) is 18.8 Å². The largest absolute Gasteiger partial charge is 0.471 e. The van der Waals surface area contributed by atoms with Gasteiger partial charge in [-0.1, -0.05) is 24.9 Å². The Bertz CT molecular complexity index is 686. The van der Waals surface area contributed by atoms with E-state index in [9.17, 15) is 18.0 Å². The molecule has 136 valence electrons. The number of halogens is 3. The Morgan fingerprint density at radius 1 is 1.32 bits per heavy atom. The van der Waals surface area contributed by atoms with Gasteiger partial charge in [-0.3, -0.25) is 4.98 Å². The second kappa shape index (κ2) is 8.45. The molecule has 2 rings (SSSR count). The molecular formula is C15H17F3N4O3. The third-order valence-electron chi connectivity index (χ3n) is 3.15. The van der Waals surface area contributed by atoms with Crippen LogP contribution in [-0.2, 0) is 17.5 Å². The molecule has 0 aromatic carbocycles. The SMILES string of the molecule is CCCCCOC(=O)NCc1ccc(-c2noc(C(F)(F)F)n2)cn1. The lowest BCUT2D eigenvalue weighted by Gasteiger charge is -2.06. The lowest BCUT2D eigenvalue weighted by molar-refractivity contribution is -0.159. The average molecular weight is 358 g/mol. The van der Waals surface area contributed by atoms with E-state index < -0.39 is 18.2 Å². The predicted molar refractivity (Wildman–Crippen MR) is 80.2 cm³/mol. The first-order chi connectivity index (χ1) is 11.9. The molecule has 0 fully saturated rings. The number of amides is 1. The summed E-state index contributed by atoms with van der Waals surface area (Å²) < 4.78 is 46.4. The van der Waals surface area contributed by atoms with E-state index in [1.165, 1.54) is 18.3 Å². The Labute approximate surface area is 141 Å². The molecule has 0 spiro atoms. The molecule has 2 aromatic rings. The molecule has 0 aliphatic carbocycles. The molecule has 0 saturated heterocycles. The van der Waals surface area contributed by atoms with Gasteiger partial charge in [0.2, 0.25) is 5.82 Å². The number of pyridine rings is 1. The number of nitrogens with zero attached hydrogens (tertiary/aromatic N) is 3. The molecule has 0 aliphatic rings. The second-order valence-electron chi connectivity index (χ2n) is 5.16. The molecule has 1 amide bonds. The van der Waals surface area contributed by atoms with Crippen LogP contribution >= 0.6 is 0 Å². The van der Waals surface area contributed by atoms with Crippen LogP contribution in [0.5, 0.6) is 0 Å². The van der Waals surface area contributed by atoms with E-state index in [0.29, 0.717) is 12.3 Å². The van der Waals surface area contributed by atoms with Crippen LogP contribution in [0.15, 0.2) is 22.9 Å². The number of aromatic nitrogens is 3. The summed E-state index contributed by atoms with van der Waals surface area (Å²) >= 11 is 0. The standard InChI is InChI=1S/C15H17F3N4O3/c1-2-3-4-7-24-14(23)20-9-11-6-5-10(8-19-11)12-21-13(25-22-12)15(16,17)18/h5-6,8H,2-4,7,9H2,1H3,(H,20,23). The van der Waals surface area contributed by atoms with E-state index in [1.54, 1.807) is 0 Å². The van der Waals surface area contributed by atoms with E-state index in [2.05, 4.69) is 25.0 Å². The van der Waals surface area contributed by atoms with Gasteiger partial charge < -0.3 is 14.6 Å². The topological polar surface area (TPSA) is 90.1 Å². The van der Waals surface area contributed by atoms with Crippen LogP contribution in [-0.4, -0.2) is 27.8 Å². The fourth-order valence-corrected chi connectivity index (χ4v) is 1.85. The maximum atomic E-state index is 12.4. The molecule has 10 heteroatoms. The van der Waals surface area contributed by atoms with Crippen molar-refractivity contribution >= 4 is 6.09 Å². The highest BCUT2D eigenvalue weighted by molar-refractivity contribution is 5.67. The molecule has 0 radical (unpaired) electrons. The number of ether oxygens (including phenoxy) is 1. The van der Waals surface area contributed by atoms with Crippen molar-refractivity contribution in [3.8, 4) is 11.4 Å². The zero-order valence-electron chi connectivity index (χ0n) is 13.5. The minimum absolute atomic E-state index is 0.132. The Morgan fingerprint density at radius 3 is 2.72 bits per heavy atom. The third-order valence-corrected chi connectivity index (χ3v) is 3.15. The molecule has 2 heterocycles. The van der Waals surface area contributed by atoms with Crippen molar-refractivity contribution in [2.24, 2.45) is 0 Å². The van der Waals surface area contributed by atoms with Crippen LogP contribution < -0.4 is 5.32 Å². The summed E-state index contributed by atoms with van der Waals surface area (Å²) in [5.74, 6) is -1.63. The van der Waals surface area contributed by atoms with Gasteiger partial charge in [0, 0.05) is 11.8 Å². The number of nitrogens with one attached hydrogen (secondary N) is 1. The fourth-order valence-electron chi connectivity index (χ4n) is 1.85. The molecule has 0 aliphatic heterocycles. The van der Waals surface area contributed by atoms with Crippen molar-refractivity contribution in [3.05, 3.63) is 29.9 Å². The van der Waals surface area contributed by atoms with Gasteiger partial charge in [-0.05, 0) is 18.6 Å². The lowest BCUT2D eigenvalue weighted by Crippen LogP contribution is -2.24. The number of alkyl halides is 3. The van der Waals surface area contributed by atoms with Gasteiger partial charge in [0.1, 0.15) is 0 Å². The van der Waals surface area contributed by atoms with Crippen LogP contribution in [0.2, 0.25) is 0 Å². The number of carbonyl (C=O) groups is 1.